The SMILES string of the molecule is CCCCCCCC(c1ccc(OC)c(C)c1)c1ccc(OC)c(C)c1. The second-order valence-electron chi connectivity index (χ2n) is 7.21. The van der Waals surface area contributed by atoms with Crippen LogP contribution in [-0.2, 0) is 0 Å². The highest BCUT2D eigenvalue weighted by molar-refractivity contribution is 5.44. The van der Waals surface area contributed by atoms with Crippen molar-refractivity contribution in [3.63, 3.8) is 0 Å². The molecule has 0 heterocycles. The van der Waals surface area contributed by atoms with Crippen LogP contribution in [0.1, 0.15) is 73.6 Å². The predicted molar refractivity (Wildman–Crippen MR) is 111 cm³/mol. The lowest BCUT2D eigenvalue weighted by Crippen LogP contribution is -2.03. The van der Waals surface area contributed by atoms with E-state index in [-0.39, 0.29) is 0 Å². The van der Waals surface area contributed by atoms with E-state index >= 15 is 0 Å². The molecule has 0 aromatic heterocycles. The van der Waals surface area contributed by atoms with Gasteiger partial charge in [-0.3, -0.25) is 0 Å². The van der Waals surface area contributed by atoms with Crippen LogP contribution in [0.25, 0.3) is 0 Å². The molecule has 0 amide bonds. The van der Waals surface area contributed by atoms with E-state index in [1.165, 1.54) is 60.8 Å². The number of hydrogen-bond acceptors (Lipinski definition) is 2. The molecule has 2 nitrogen and oxygen atoms in total. The van der Waals surface area contributed by atoms with Gasteiger partial charge in [-0.2, -0.15) is 0 Å². The lowest BCUT2D eigenvalue weighted by atomic mass is 9.85. The standard InChI is InChI=1S/C24H34O2/c1-6-7-8-9-10-11-22(20-12-14-23(25-4)18(2)16-20)21-13-15-24(26-5)19(3)17-21/h12-17,22H,6-11H2,1-5H3. The average Bonchev–Trinajstić information content (AvgIpc) is 2.64. The van der Waals surface area contributed by atoms with Gasteiger partial charge in [-0.1, -0.05) is 63.3 Å². The Morgan fingerprint density at radius 2 is 1.23 bits per heavy atom. The summed E-state index contributed by atoms with van der Waals surface area (Å²) >= 11 is 0. The molecule has 0 saturated carbocycles. The van der Waals surface area contributed by atoms with Gasteiger partial charge in [-0.25, -0.2) is 0 Å². The summed E-state index contributed by atoms with van der Waals surface area (Å²) in [4.78, 5) is 0. The Bertz CT molecular complexity index is 637. The molecule has 142 valence electrons. The summed E-state index contributed by atoms with van der Waals surface area (Å²) in [5.74, 6) is 2.34. The number of ether oxygens (including phenoxy) is 2. The highest BCUT2D eigenvalue weighted by Gasteiger charge is 2.16. The second kappa shape index (κ2) is 10.3. The zero-order chi connectivity index (χ0) is 18.9. The van der Waals surface area contributed by atoms with Crippen LogP contribution < -0.4 is 9.47 Å². The van der Waals surface area contributed by atoms with Crippen LogP contribution in [0.15, 0.2) is 36.4 Å². The number of rotatable bonds is 10. The first-order valence-corrected chi connectivity index (χ1v) is 9.89. The normalized spacial score (nSPS) is 11.0. The van der Waals surface area contributed by atoms with Crippen LogP contribution in [0.4, 0.5) is 0 Å². The van der Waals surface area contributed by atoms with Gasteiger partial charge in [0.1, 0.15) is 11.5 Å². The molecule has 2 rings (SSSR count). The van der Waals surface area contributed by atoms with Crippen LogP contribution in [0, 0.1) is 13.8 Å². The molecule has 0 atom stereocenters. The summed E-state index contributed by atoms with van der Waals surface area (Å²) < 4.78 is 10.9. The molecule has 0 aliphatic carbocycles. The van der Waals surface area contributed by atoms with Crippen molar-refractivity contribution in [2.24, 2.45) is 0 Å². The molecule has 2 aromatic rings. The zero-order valence-electron chi connectivity index (χ0n) is 17.1. The van der Waals surface area contributed by atoms with Gasteiger partial charge in [0.05, 0.1) is 14.2 Å². The smallest absolute Gasteiger partial charge is 0.121 e. The lowest BCUT2D eigenvalue weighted by Gasteiger charge is -2.21. The van der Waals surface area contributed by atoms with E-state index in [9.17, 15) is 0 Å². The van der Waals surface area contributed by atoms with Crippen molar-refractivity contribution in [2.45, 2.75) is 65.2 Å². The molecular weight excluding hydrogens is 320 g/mol. The Balaban J connectivity index is 2.26. The number of aryl methyl sites for hydroxylation is 2. The van der Waals surface area contributed by atoms with Crippen molar-refractivity contribution in [3.05, 3.63) is 58.7 Å². The van der Waals surface area contributed by atoms with Crippen LogP contribution in [0.2, 0.25) is 0 Å². The molecule has 0 N–H and O–H groups in total. The maximum atomic E-state index is 5.44. The van der Waals surface area contributed by atoms with E-state index in [1.54, 1.807) is 14.2 Å². The van der Waals surface area contributed by atoms with Crippen LogP contribution in [0.5, 0.6) is 11.5 Å². The van der Waals surface area contributed by atoms with E-state index in [0.717, 1.165) is 11.5 Å². The van der Waals surface area contributed by atoms with Gasteiger partial charge < -0.3 is 9.47 Å². The predicted octanol–water partition coefficient (Wildman–Crippen LogP) is 6.81. The topological polar surface area (TPSA) is 18.5 Å². The first-order chi connectivity index (χ1) is 12.6. The number of benzene rings is 2. The Hall–Kier alpha value is -1.96. The van der Waals surface area contributed by atoms with Crippen molar-refractivity contribution >= 4 is 0 Å². The minimum atomic E-state index is 0.422. The molecular formula is C24H34O2. The molecule has 0 spiro atoms. The van der Waals surface area contributed by atoms with Crippen molar-refractivity contribution in [2.75, 3.05) is 14.2 Å². The Morgan fingerprint density at radius 1 is 0.731 bits per heavy atom. The van der Waals surface area contributed by atoms with E-state index in [4.69, 9.17) is 9.47 Å². The van der Waals surface area contributed by atoms with Crippen molar-refractivity contribution in [1.29, 1.82) is 0 Å². The minimum absolute atomic E-state index is 0.422. The van der Waals surface area contributed by atoms with Crippen molar-refractivity contribution < 1.29 is 9.47 Å². The van der Waals surface area contributed by atoms with Gasteiger partial charge in [0.2, 0.25) is 0 Å². The molecule has 0 unspecified atom stereocenters. The highest BCUT2D eigenvalue weighted by atomic mass is 16.5. The lowest BCUT2D eigenvalue weighted by molar-refractivity contribution is 0.411. The number of hydrogen-bond donors (Lipinski definition) is 0. The van der Waals surface area contributed by atoms with Gasteiger partial charge in [0.25, 0.3) is 0 Å². The fourth-order valence-electron chi connectivity index (χ4n) is 3.71. The number of methoxy groups -OCH3 is 2. The third-order valence-corrected chi connectivity index (χ3v) is 5.24. The summed E-state index contributed by atoms with van der Waals surface area (Å²) in [5, 5.41) is 0. The van der Waals surface area contributed by atoms with Crippen molar-refractivity contribution in [1.82, 2.24) is 0 Å². The molecule has 2 heteroatoms. The fourth-order valence-corrected chi connectivity index (χ4v) is 3.71. The summed E-state index contributed by atoms with van der Waals surface area (Å²) in [6.07, 6.45) is 7.73. The molecule has 0 aliphatic heterocycles. The van der Waals surface area contributed by atoms with Gasteiger partial charge in [0.15, 0.2) is 0 Å². The second-order valence-corrected chi connectivity index (χ2v) is 7.21. The van der Waals surface area contributed by atoms with E-state index in [2.05, 4.69) is 57.2 Å². The average molecular weight is 355 g/mol. The van der Waals surface area contributed by atoms with Crippen LogP contribution in [-0.4, -0.2) is 14.2 Å². The molecule has 0 fully saturated rings. The Kier molecular flexibility index (Phi) is 8.03. The van der Waals surface area contributed by atoms with E-state index in [1.807, 2.05) is 0 Å². The minimum Gasteiger partial charge on any atom is -0.496 e. The highest BCUT2D eigenvalue weighted by Crippen LogP contribution is 2.34. The van der Waals surface area contributed by atoms with Gasteiger partial charge >= 0.3 is 0 Å². The molecule has 26 heavy (non-hydrogen) atoms. The monoisotopic (exact) mass is 354 g/mol. The third-order valence-electron chi connectivity index (χ3n) is 5.24. The first-order valence-electron chi connectivity index (χ1n) is 9.89. The van der Waals surface area contributed by atoms with Crippen LogP contribution in [0.3, 0.4) is 0 Å². The molecule has 0 radical (unpaired) electrons. The first kappa shape index (κ1) is 20.4. The largest absolute Gasteiger partial charge is 0.496 e. The van der Waals surface area contributed by atoms with Gasteiger partial charge in [0, 0.05) is 5.92 Å². The summed E-state index contributed by atoms with van der Waals surface area (Å²) in [7, 11) is 3.47. The van der Waals surface area contributed by atoms with Gasteiger partial charge in [-0.15, -0.1) is 0 Å². The van der Waals surface area contributed by atoms with E-state index < -0.39 is 0 Å². The molecule has 0 saturated heterocycles. The maximum Gasteiger partial charge on any atom is 0.121 e. The summed E-state index contributed by atoms with van der Waals surface area (Å²) in [6.45, 7) is 6.52. The van der Waals surface area contributed by atoms with Gasteiger partial charge in [-0.05, 0) is 54.7 Å². The Labute approximate surface area is 159 Å². The number of unbranched alkanes of at least 4 members (excludes halogenated alkanes) is 4. The van der Waals surface area contributed by atoms with Crippen LogP contribution >= 0.6 is 0 Å². The van der Waals surface area contributed by atoms with Crippen molar-refractivity contribution in [3.8, 4) is 11.5 Å². The maximum absolute atomic E-state index is 5.44. The molecule has 0 aliphatic rings. The summed E-state index contributed by atoms with van der Waals surface area (Å²) in [6, 6.07) is 13.2. The third kappa shape index (κ3) is 5.27. The zero-order valence-corrected chi connectivity index (χ0v) is 17.1. The fraction of sp³-hybridized carbons (Fsp3) is 0.500. The molecule has 2 aromatic carbocycles. The summed E-state index contributed by atoms with van der Waals surface area (Å²) in [5.41, 5.74) is 5.16. The Morgan fingerprint density at radius 3 is 1.65 bits per heavy atom. The molecule has 0 bridgehead atoms. The quantitative estimate of drug-likeness (QED) is 0.436. The van der Waals surface area contributed by atoms with E-state index in [0.29, 0.717) is 5.92 Å².